The van der Waals surface area contributed by atoms with E-state index in [0.29, 0.717) is 0 Å². The predicted molar refractivity (Wildman–Crippen MR) is 94.8 cm³/mol. The highest BCUT2D eigenvalue weighted by atomic mass is 79.9. The molecule has 1 N–H and O–H groups in total. The first-order valence-electron chi connectivity index (χ1n) is 6.93. The van der Waals surface area contributed by atoms with Crippen molar-refractivity contribution in [2.45, 2.75) is 25.8 Å². The van der Waals surface area contributed by atoms with Crippen LogP contribution in [-0.2, 0) is 6.42 Å². The molecule has 1 heterocycles. The quantitative estimate of drug-likeness (QED) is 0.680. The Balaban J connectivity index is 2.19. The summed E-state index contributed by atoms with van der Waals surface area (Å²) in [6.45, 7) is 3.16. The number of hydrogen-bond acceptors (Lipinski definition) is 3. The summed E-state index contributed by atoms with van der Waals surface area (Å²) in [6, 6.07) is 8.43. The molecule has 0 radical (unpaired) electrons. The summed E-state index contributed by atoms with van der Waals surface area (Å²) >= 11 is 11.5. The maximum atomic E-state index is 6.35. The molecule has 0 saturated heterocycles. The lowest BCUT2D eigenvalue weighted by molar-refractivity contribution is 0.415. The average Bonchev–Trinajstić information content (AvgIpc) is 2.94. The van der Waals surface area contributed by atoms with E-state index in [1.807, 2.05) is 17.5 Å². The molecule has 0 aliphatic rings. The number of hydrogen-bond donors (Lipinski definition) is 1. The molecule has 114 valence electrons. The Bertz CT molecular complexity index is 587. The van der Waals surface area contributed by atoms with E-state index in [1.54, 1.807) is 18.4 Å². The van der Waals surface area contributed by atoms with Gasteiger partial charge < -0.3 is 10.1 Å². The summed E-state index contributed by atoms with van der Waals surface area (Å²) in [5, 5.41) is 6.44. The summed E-state index contributed by atoms with van der Waals surface area (Å²) in [5.74, 6) is 0.917. The van der Waals surface area contributed by atoms with Crippen molar-refractivity contribution in [3.05, 3.63) is 49.6 Å². The standard InChI is InChI=1S/C16H19BrClNOS/c1-3-6-19-15(16-9-13(20-2)10-21-16)7-11-4-5-12(17)8-14(11)18/h4-5,8-10,15,19H,3,6-7H2,1-2H3. The molecule has 0 spiro atoms. The van der Waals surface area contributed by atoms with Crippen LogP contribution in [0.3, 0.4) is 0 Å². The molecule has 0 saturated carbocycles. The van der Waals surface area contributed by atoms with Crippen LogP contribution >= 0.6 is 38.9 Å². The Hall–Kier alpha value is -0.550. The molecule has 21 heavy (non-hydrogen) atoms. The highest BCUT2D eigenvalue weighted by molar-refractivity contribution is 9.10. The molecule has 5 heteroatoms. The van der Waals surface area contributed by atoms with Crippen molar-refractivity contribution >= 4 is 38.9 Å². The number of nitrogens with one attached hydrogen (secondary N) is 1. The van der Waals surface area contributed by atoms with Crippen molar-refractivity contribution in [2.75, 3.05) is 13.7 Å². The molecule has 2 nitrogen and oxygen atoms in total. The maximum absolute atomic E-state index is 6.35. The van der Waals surface area contributed by atoms with Crippen molar-refractivity contribution in [1.82, 2.24) is 5.32 Å². The highest BCUT2D eigenvalue weighted by Crippen LogP contribution is 2.31. The van der Waals surface area contributed by atoms with Gasteiger partial charge in [0.05, 0.1) is 7.11 Å². The Morgan fingerprint density at radius 1 is 1.38 bits per heavy atom. The zero-order valence-electron chi connectivity index (χ0n) is 12.2. The van der Waals surface area contributed by atoms with E-state index in [2.05, 4.69) is 40.3 Å². The second kappa shape index (κ2) is 8.18. The van der Waals surface area contributed by atoms with Crippen LogP contribution in [0, 0.1) is 0 Å². The van der Waals surface area contributed by atoms with Gasteiger partial charge in [-0.3, -0.25) is 0 Å². The summed E-state index contributed by atoms with van der Waals surface area (Å²) in [6.07, 6.45) is 1.98. The number of thiophene rings is 1. The fourth-order valence-corrected chi connectivity index (χ4v) is 3.81. The fourth-order valence-electron chi connectivity index (χ4n) is 2.12. The monoisotopic (exact) mass is 387 g/mol. The third-order valence-corrected chi connectivity index (χ3v) is 5.12. The van der Waals surface area contributed by atoms with Gasteiger partial charge in [0.15, 0.2) is 0 Å². The van der Waals surface area contributed by atoms with Crippen LogP contribution in [-0.4, -0.2) is 13.7 Å². The molecule has 1 unspecified atom stereocenters. The summed E-state index contributed by atoms with van der Waals surface area (Å²) in [5.41, 5.74) is 1.15. The second-order valence-electron chi connectivity index (χ2n) is 4.84. The fraction of sp³-hybridized carbons (Fsp3) is 0.375. The summed E-state index contributed by atoms with van der Waals surface area (Å²) < 4.78 is 6.30. The Morgan fingerprint density at radius 2 is 2.19 bits per heavy atom. The van der Waals surface area contributed by atoms with E-state index in [9.17, 15) is 0 Å². The normalized spacial score (nSPS) is 12.4. The van der Waals surface area contributed by atoms with Gasteiger partial charge in [-0.05, 0) is 43.1 Å². The summed E-state index contributed by atoms with van der Waals surface area (Å²) in [4.78, 5) is 1.28. The van der Waals surface area contributed by atoms with E-state index in [4.69, 9.17) is 16.3 Å². The van der Waals surface area contributed by atoms with Gasteiger partial charge in [0, 0.05) is 25.8 Å². The van der Waals surface area contributed by atoms with E-state index in [1.165, 1.54) is 4.88 Å². The SMILES string of the molecule is CCCNC(Cc1ccc(Br)cc1Cl)c1cc(OC)cs1. The lowest BCUT2D eigenvalue weighted by Crippen LogP contribution is -2.23. The first kappa shape index (κ1) is 16.8. The minimum Gasteiger partial charge on any atom is -0.496 e. The Morgan fingerprint density at radius 3 is 2.81 bits per heavy atom. The molecule has 1 atom stereocenters. The van der Waals surface area contributed by atoms with E-state index < -0.39 is 0 Å². The topological polar surface area (TPSA) is 21.3 Å². The smallest absolute Gasteiger partial charge is 0.129 e. The molecular weight excluding hydrogens is 370 g/mol. The minimum atomic E-state index is 0.262. The van der Waals surface area contributed by atoms with Crippen LogP contribution in [0.25, 0.3) is 0 Å². The Kier molecular flexibility index (Phi) is 6.55. The molecule has 2 rings (SSSR count). The molecule has 0 aliphatic carbocycles. The molecule has 0 bridgehead atoms. The molecule has 1 aromatic carbocycles. The van der Waals surface area contributed by atoms with E-state index >= 15 is 0 Å². The van der Waals surface area contributed by atoms with Crippen LogP contribution in [0.1, 0.15) is 29.8 Å². The zero-order chi connectivity index (χ0) is 15.2. The molecule has 0 fully saturated rings. The predicted octanol–water partition coefficient (Wildman–Crippen LogP) is 5.46. The zero-order valence-corrected chi connectivity index (χ0v) is 15.3. The van der Waals surface area contributed by atoms with E-state index in [-0.39, 0.29) is 6.04 Å². The first-order valence-corrected chi connectivity index (χ1v) is 8.98. The van der Waals surface area contributed by atoms with Crippen molar-refractivity contribution in [3.63, 3.8) is 0 Å². The van der Waals surface area contributed by atoms with Gasteiger partial charge >= 0.3 is 0 Å². The van der Waals surface area contributed by atoms with Crippen LogP contribution in [0.2, 0.25) is 5.02 Å². The largest absolute Gasteiger partial charge is 0.496 e. The summed E-state index contributed by atoms with van der Waals surface area (Å²) in [7, 11) is 1.70. The average molecular weight is 389 g/mol. The van der Waals surface area contributed by atoms with Crippen molar-refractivity contribution < 1.29 is 4.74 Å². The van der Waals surface area contributed by atoms with Crippen molar-refractivity contribution in [1.29, 1.82) is 0 Å². The molecular formula is C16H19BrClNOS. The lowest BCUT2D eigenvalue weighted by atomic mass is 10.0. The molecule has 0 aliphatic heterocycles. The third kappa shape index (κ3) is 4.71. The second-order valence-corrected chi connectivity index (χ2v) is 7.10. The van der Waals surface area contributed by atoms with E-state index in [0.717, 1.165) is 40.2 Å². The van der Waals surface area contributed by atoms with Gasteiger partial charge in [0.2, 0.25) is 0 Å². The van der Waals surface area contributed by atoms with Crippen molar-refractivity contribution in [2.24, 2.45) is 0 Å². The van der Waals surface area contributed by atoms with Crippen LogP contribution < -0.4 is 10.1 Å². The van der Waals surface area contributed by atoms with Crippen LogP contribution in [0.15, 0.2) is 34.1 Å². The van der Waals surface area contributed by atoms with Crippen LogP contribution in [0.5, 0.6) is 5.75 Å². The van der Waals surface area contributed by atoms with Gasteiger partial charge in [-0.2, -0.15) is 0 Å². The van der Waals surface area contributed by atoms with Gasteiger partial charge in [0.1, 0.15) is 5.75 Å². The van der Waals surface area contributed by atoms with Gasteiger partial charge in [-0.15, -0.1) is 11.3 Å². The molecule has 2 aromatic rings. The number of rotatable bonds is 7. The van der Waals surface area contributed by atoms with Crippen molar-refractivity contribution in [3.8, 4) is 5.75 Å². The number of ether oxygens (including phenoxy) is 1. The Labute approximate surface area is 143 Å². The number of methoxy groups -OCH3 is 1. The third-order valence-electron chi connectivity index (χ3n) is 3.25. The molecule has 1 aromatic heterocycles. The van der Waals surface area contributed by atoms with Crippen LogP contribution in [0.4, 0.5) is 0 Å². The molecule has 0 amide bonds. The lowest BCUT2D eigenvalue weighted by Gasteiger charge is -2.18. The van der Waals surface area contributed by atoms with Gasteiger partial charge in [-0.25, -0.2) is 0 Å². The first-order chi connectivity index (χ1) is 10.1. The highest BCUT2D eigenvalue weighted by Gasteiger charge is 2.16. The van der Waals surface area contributed by atoms with Gasteiger partial charge in [0.25, 0.3) is 0 Å². The number of halogens is 2. The number of benzene rings is 1. The van der Waals surface area contributed by atoms with Gasteiger partial charge in [-0.1, -0.05) is 40.5 Å². The maximum Gasteiger partial charge on any atom is 0.129 e. The minimum absolute atomic E-state index is 0.262.